The van der Waals surface area contributed by atoms with Gasteiger partial charge in [-0.2, -0.15) is 0 Å². The smallest absolute Gasteiger partial charge is 0.251 e. The zero-order valence-electron chi connectivity index (χ0n) is 12.0. The Morgan fingerprint density at radius 3 is 2.86 bits per heavy atom. The number of carbonyl (C=O) groups is 1. The Bertz CT molecular complexity index is 645. The summed E-state index contributed by atoms with van der Waals surface area (Å²) in [6, 6.07) is 7.13. The SMILES string of the molecule is CCc1ncnc(NCc2cccc(C(=O)NC)c2)c1F. The fourth-order valence-corrected chi connectivity index (χ4v) is 1.93. The average molecular weight is 288 g/mol. The first-order chi connectivity index (χ1) is 10.2. The molecule has 0 aliphatic rings. The lowest BCUT2D eigenvalue weighted by Crippen LogP contribution is -2.18. The number of nitrogens with zero attached hydrogens (tertiary/aromatic N) is 2. The van der Waals surface area contributed by atoms with Crippen LogP contribution in [0.2, 0.25) is 0 Å². The lowest BCUT2D eigenvalue weighted by Gasteiger charge is -2.09. The molecule has 0 radical (unpaired) electrons. The van der Waals surface area contributed by atoms with Crippen LogP contribution in [0, 0.1) is 5.82 Å². The van der Waals surface area contributed by atoms with Gasteiger partial charge < -0.3 is 10.6 Å². The number of hydrogen-bond acceptors (Lipinski definition) is 4. The van der Waals surface area contributed by atoms with Crippen molar-refractivity contribution in [2.45, 2.75) is 19.9 Å². The first-order valence-corrected chi connectivity index (χ1v) is 6.70. The normalized spacial score (nSPS) is 10.2. The molecular formula is C15H17FN4O. The van der Waals surface area contributed by atoms with Crippen LogP contribution in [-0.4, -0.2) is 22.9 Å². The number of nitrogens with one attached hydrogen (secondary N) is 2. The minimum atomic E-state index is -0.428. The van der Waals surface area contributed by atoms with E-state index in [4.69, 9.17) is 0 Å². The molecule has 1 heterocycles. The van der Waals surface area contributed by atoms with Gasteiger partial charge >= 0.3 is 0 Å². The van der Waals surface area contributed by atoms with E-state index in [2.05, 4.69) is 20.6 Å². The lowest BCUT2D eigenvalue weighted by molar-refractivity contribution is 0.0963. The van der Waals surface area contributed by atoms with Crippen LogP contribution in [0.25, 0.3) is 0 Å². The summed E-state index contributed by atoms with van der Waals surface area (Å²) in [5, 5.41) is 5.50. The first kappa shape index (κ1) is 14.9. The van der Waals surface area contributed by atoms with Gasteiger partial charge in [0.15, 0.2) is 11.6 Å². The molecule has 0 unspecified atom stereocenters. The summed E-state index contributed by atoms with van der Waals surface area (Å²) in [5.41, 5.74) is 1.81. The molecule has 1 aromatic heterocycles. The van der Waals surface area contributed by atoms with Crippen molar-refractivity contribution >= 4 is 11.7 Å². The highest BCUT2D eigenvalue weighted by molar-refractivity contribution is 5.94. The van der Waals surface area contributed by atoms with E-state index < -0.39 is 5.82 Å². The van der Waals surface area contributed by atoms with Crippen molar-refractivity contribution < 1.29 is 9.18 Å². The number of benzene rings is 1. The Hall–Kier alpha value is -2.50. The van der Waals surface area contributed by atoms with Gasteiger partial charge in [0.2, 0.25) is 0 Å². The quantitative estimate of drug-likeness (QED) is 0.884. The summed E-state index contributed by atoms with van der Waals surface area (Å²) >= 11 is 0. The Kier molecular flexibility index (Phi) is 4.81. The highest BCUT2D eigenvalue weighted by Crippen LogP contribution is 2.15. The van der Waals surface area contributed by atoms with Crippen molar-refractivity contribution in [1.82, 2.24) is 15.3 Å². The number of aryl methyl sites for hydroxylation is 1. The molecule has 2 rings (SSSR count). The van der Waals surface area contributed by atoms with Crippen LogP contribution in [0.3, 0.4) is 0 Å². The number of hydrogen-bond donors (Lipinski definition) is 2. The van der Waals surface area contributed by atoms with Crippen LogP contribution in [0.5, 0.6) is 0 Å². The van der Waals surface area contributed by atoms with Crippen LogP contribution in [-0.2, 0) is 13.0 Å². The second-order valence-electron chi connectivity index (χ2n) is 4.47. The maximum atomic E-state index is 14.0. The standard InChI is InChI=1S/C15H17FN4O/c1-3-12-13(16)14(20-9-19-12)18-8-10-5-4-6-11(7-10)15(21)17-2/h4-7,9H,3,8H2,1-2H3,(H,17,21)(H,18,19,20). The molecule has 0 aliphatic heterocycles. The number of carbonyl (C=O) groups excluding carboxylic acids is 1. The van der Waals surface area contributed by atoms with Crippen LogP contribution >= 0.6 is 0 Å². The molecule has 0 atom stereocenters. The molecule has 0 spiro atoms. The Morgan fingerprint density at radius 2 is 2.14 bits per heavy atom. The molecule has 0 fully saturated rings. The molecule has 6 heteroatoms. The van der Waals surface area contributed by atoms with E-state index in [9.17, 15) is 9.18 Å². The summed E-state index contributed by atoms with van der Waals surface area (Å²) < 4.78 is 14.0. The van der Waals surface area contributed by atoms with E-state index in [0.29, 0.717) is 24.2 Å². The third-order valence-electron chi connectivity index (χ3n) is 3.07. The maximum absolute atomic E-state index is 14.0. The molecule has 1 amide bonds. The van der Waals surface area contributed by atoms with Gasteiger partial charge in [-0.3, -0.25) is 4.79 Å². The van der Waals surface area contributed by atoms with Gasteiger partial charge in [0.05, 0.1) is 5.69 Å². The summed E-state index contributed by atoms with van der Waals surface area (Å²) in [5.74, 6) is -0.409. The topological polar surface area (TPSA) is 66.9 Å². The molecule has 2 N–H and O–H groups in total. The fraction of sp³-hybridized carbons (Fsp3) is 0.267. The number of anilines is 1. The van der Waals surface area contributed by atoms with E-state index in [1.807, 2.05) is 13.0 Å². The van der Waals surface area contributed by atoms with Crippen LogP contribution in [0.1, 0.15) is 28.5 Å². The lowest BCUT2D eigenvalue weighted by atomic mass is 10.1. The molecular weight excluding hydrogens is 271 g/mol. The molecule has 5 nitrogen and oxygen atoms in total. The van der Waals surface area contributed by atoms with E-state index in [1.165, 1.54) is 6.33 Å². The monoisotopic (exact) mass is 288 g/mol. The third-order valence-corrected chi connectivity index (χ3v) is 3.07. The first-order valence-electron chi connectivity index (χ1n) is 6.70. The summed E-state index contributed by atoms with van der Waals surface area (Å²) in [4.78, 5) is 19.3. The highest BCUT2D eigenvalue weighted by atomic mass is 19.1. The highest BCUT2D eigenvalue weighted by Gasteiger charge is 2.09. The van der Waals surface area contributed by atoms with Crippen LogP contribution < -0.4 is 10.6 Å². The second kappa shape index (κ2) is 6.78. The minimum Gasteiger partial charge on any atom is -0.363 e. The van der Waals surface area contributed by atoms with E-state index in [-0.39, 0.29) is 11.7 Å². The molecule has 2 aromatic rings. The van der Waals surface area contributed by atoms with Gasteiger partial charge in [-0.1, -0.05) is 19.1 Å². The molecule has 0 aliphatic carbocycles. The number of rotatable bonds is 5. The van der Waals surface area contributed by atoms with Gasteiger partial charge in [-0.15, -0.1) is 0 Å². The summed E-state index contributed by atoms with van der Waals surface area (Å²) in [7, 11) is 1.58. The Morgan fingerprint density at radius 1 is 1.33 bits per heavy atom. The zero-order valence-corrected chi connectivity index (χ0v) is 12.0. The predicted molar refractivity (Wildman–Crippen MR) is 78.5 cm³/mol. The number of halogens is 1. The molecule has 1 aromatic carbocycles. The van der Waals surface area contributed by atoms with Gasteiger partial charge in [0.25, 0.3) is 5.91 Å². The summed E-state index contributed by atoms with van der Waals surface area (Å²) in [6.07, 6.45) is 1.85. The van der Waals surface area contributed by atoms with Gasteiger partial charge in [-0.25, -0.2) is 14.4 Å². The number of amides is 1. The molecule has 0 saturated carbocycles. The van der Waals surface area contributed by atoms with Crippen molar-refractivity contribution in [2.75, 3.05) is 12.4 Å². The largest absolute Gasteiger partial charge is 0.363 e. The molecule has 110 valence electrons. The van der Waals surface area contributed by atoms with Crippen LogP contribution in [0.4, 0.5) is 10.2 Å². The second-order valence-corrected chi connectivity index (χ2v) is 4.47. The van der Waals surface area contributed by atoms with Crippen molar-refractivity contribution in [3.05, 3.63) is 53.2 Å². The van der Waals surface area contributed by atoms with E-state index >= 15 is 0 Å². The number of aromatic nitrogens is 2. The van der Waals surface area contributed by atoms with Gasteiger partial charge in [0, 0.05) is 19.2 Å². The fourth-order valence-electron chi connectivity index (χ4n) is 1.93. The summed E-state index contributed by atoms with van der Waals surface area (Å²) in [6.45, 7) is 2.21. The van der Waals surface area contributed by atoms with Crippen molar-refractivity contribution in [2.24, 2.45) is 0 Å². The van der Waals surface area contributed by atoms with E-state index in [1.54, 1.807) is 25.2 Å². The van der Waals surface area contributed by atoms with Crippen LogP contribution in [0.15, 0.2) is 30.6 Å². The van der Waals surface area contributed by atoms with Gasteiger partial charge in [-0.05, 0) is 24.1 Å². The Labute approximate surface area is 122 Å². The van der Waals surface area contributed by atoms with Crippen molar-refractivity contribution in [3.63, 3.8) is 0 Å². The average Bonchev–Trinajstić information content (AvgIpc) is 2.53. The molecule has 0 bridgehead atoms. The molecule has 0 saturated heterocycles. The van der Waals surface area contributed by atoms with Crippen molar-refractivity contribution in [3.8, 4) is 0 Å². The minimum absolute atomic E-state index is 0.154. The van der Waals surface area contributed by atoms with Gasteiger partial charge in [0.1, 0.15) is 6.33 Å². The van der Waals surface area contributed by atoms with E-state index in [0.717, 1.165) is 5.56 Å². The zero-order chi connectivity index (χ0) is 15.2. The maximum Gasteiger partial charge on any atom is 0.251 e. The Balaban J connectivity index is 2.12. The molecule has 21 heavy (non-hydrogen) atoms. The predicted octanol–water partition coefficient (Wildman–Crippen LogP) is 2.15. The van der Waals surface area contributed by atoms with Crippen molar-refractivity contribution in [1.29, 1.82) is 0 Å². The third kappa shape index (κ3) is 3.53.